The summed E-state index contributed by atoms with van der Waals surface area (Å²) in [7, 11) is 3.81. The molecule has 0 aliphatic carbocycles. The lowest BCUT2D eigenvalue weighted by atomic mass is 9.89. The molecule has 0 unspecified atom stereocenters. The molecule has 0 saturated carbocycles. The van der Waals surface area contributed by atoms with Crippen molar-refractivity contribution in [2.24, 2.45) is 7.05 Å². The Kier molecular flexibility index (Phi) is 2.42. The first-order valence-corrected chi connectivity index (χ1v) is 5.88. The van der Waals surface area contributed by atoms with Crippen molar-refractivity contribution in [1.29, 1.82) is 0 Å². The van der Waals surface area contributed by atoms with Crippen molar-refractivity contribution in [2.75, 3.05) is 20.2 Å². The molecule has 2 heterocycles. The highest BCUT2D eigenvalue weighted by atomic mass is 16.5. The fourth-order valence-corrected chi connectivity index (χ4v) is 2.41. The van der Waals surface area contributed by atoms with E-state index in [0.29, 0.717) is 0 Å². The van der Waals surface area contributed by atoms with Gasteiger partial charge in [-0.2, -0.15) is 0 Å². The number of nitrogens with one attached hydrogen (secondary N) is 1. The Morgan fingerprint density at radius 1 is 1.47 bits per heavy atom. The van der Waals surface area contributed by atoms with Crippen molar-refractivity contribution in [3.63, 3.8) is 0 Å². The fraction of sp³-hybridized carbons (Fsp3) is 0.462. The second-order valence-electron chi connectivity index (χ2n) is 4.85. The minimum atomic E-state index is -0.0115. The monoisotopic (exact) mass is 231 g/mol. The highest BCUT2D eigenvalue weighted by Gasteiger charge is 2.36. The number of imidazole rings is 1. The lowest BCUT2D eigenvalue weighted by molar-refractivity contribution is -0.0502. The molecule has 1 aromatic heterocycles. The number of fused-ring (bicyclic) bond motifs is 1. The van der Waals surface area contributed by atoms with E-state index < -0.39 is 0 Å². The summed E-state index contributed by atoms with van der Waals surface area (Å²) >= 11 is 0. The predicted octanol–water partition coefficient (Wildman–Crippen LogP) is 1.10. The van der Waals surface area contributed by atoms with Crippen LogP contribution in [0.3, 0.4) is 0 Å². The molecule has 0 radical (unpaired) electrons. The van der Waals surface area contributed by atoms with Crippen LogP contribution in [-0.2, 0) is 18.2 Å². The summed E-state index contributed by atoms with van der Waals surface area (Å²) in [4.78, 5) is 4.39. The van der Waals surface area contributed by atoms with Crippen molar-refractivity contribution in [3.05, 3.63) is 30.1 Å². The molecule has 4 nitrogen and oxygen atoms in total. The van der Waals surface area contributed by atoms with Gasteiger partial charge in [0.2, 0.25) is 0 Å². The molecule has 3 rings (SSSR count). The van der Waals surface area contributed by atoms with Crippen molar-refractivity contribution in [2.45, 2.75) is 12.0 Å². The lowest BCUT2D eigenvalue weighted by Crippen LogP contribution is -2.61. The molecule has 1 N–H and O–H groups in total. The van der Waals surface area contributed by atoms with Crippen LogP contribution in [0.25, 0.3) is 11.0 Å². The standard InChI is InChI=1S/C13H17N3O/c1-16-9-15-11-5-10(3-4-12(11)16)6-13(17-2)7-14-8-13/h3-5,9,14H,6-8H2,1-2H3. The summed E-state index contributed by atoms with van der Waals surface area (Å²) in [6, 6.07) is 6.46. The molecule has 90 valence electrons. The molecule has 0 amide bonds. The normalized spacial score (nSPS) is 18.2. The number of methoxy groups -OCH3 is 1. The zero-order chi connectivity index (χ0) is 11.9. The van der Waals surface area contributed by atoms with E-state index in [2.05, 4.69) is 28.5 Å². The van der Waals surface area contributed by atoms with Gasteiger partial charge < -0.3 is 14.6 Å². The van der Waals surface area contributed by atoms with E-state index in [0.717, 1.165) is 25.0 Å². The van der Waals surface area contributed by atoms with Crippen molar-refractivity contribution in [1.82, 2.24) is 14.9 Å². The Labute approximate surface area is 101 Å². The maximum absolute atomic E-state index is 5.61. The largest absolute Gasteiger partial charge is 0.375 e. The third-order valence-electron chi connectivity index (χ3n) is 3.64. The van der Waals surface area contributed by atoms with Crippen molar-refractivity contribution >= 4 is 11.0 Å². The van der Waals surface area contributed by atoms with Crippen molar-refractivity contribution < 1.29 is 4.74 Å². The first kappa shape index (κ1) is 10.7. The number of nitrogens with zero attached hydrogens (tertiary/aromatic N) is 2. The summed E-state index contributed by atoms with van der Waals surface area (Å²) in [5, 5.41) is 3.27. The molecule has 1 aromatic carbocycles. The molecule has 2 aromatic rings. The highest BCUT2D eigenvalue weighted by molar-refractivity contribution is 5.76. The van der Waals surface area contributed by atoms with Crippen LogP contribution in [0, 0.1) is 0 Å². The Bertz CT molecular complexity index is 537. The summed E-state index contributed by atoms with van der Waals surface area (Å²) in [5.74, 6) is 0. The minimum absolute atomic E-state index is 0.0115. The van der Waals surface area contributed by atoms with Gasteiger partial charge in [0, 0.05) is 33.7 Å². The number of ether oxygens (including phenoxy) is 1. The molecular formula is C13H17N3O. The van der Waals surface area contributed by atoms with Crippen LogP contribution < -0.4 is 5.32 Å². The van der Waals surface area contributed by atoms with Gasteiger partial charge >= 0.3 is 0 Å². The van der Waals surface area contributed by atoms with Crippen LogP contribution in [0.15, 0.2) is 24.5 Å². The van der Waals surface area contributed by atoms with E-state index in [1.54, 1.807) is 7.11 Å². The average molecular weight is 231 g/mol. The van der Waals surface area contributed by atoms with Gasteiger partial charge in [-0.05, 0) is 17.7 Å². The topological polar surface area (TPSA) is 39.1 Å². The SMILES string of the molecule is COC1(Cc2ccc3c(c2)ncn3C)CNC1. The van der Waals surface area contributed by atoms with E-state index in [1.165, 1.54) is 11.1 Å². The smallest absolute Gasteiger partial charge is 0.0966 e. The summed E-state index contributed by atoms with van der Waals surface area (Å²) in [6.45, 7) is 1.87. The van der Waals surface area contributed by atoms with Crippen LogP contribution in [0.4, 0.5) is 0 Å². The number of rotatable bonds is 3. The van der Waals surface area contributed by atoms with Crippen LogP contribution in [-0.4, -0.2) is 35.4 Å². The second-order valence-corrected chi connectivity index (χ2v) is 4.85. The molecular weight excluding hydrogens is 214 g/mol. The fourth-order valence-electron chi connectivity index (χ4n) is 2.41. The zero-order valence-corrected chi connectivity index (χ0v) is 10.2. The average Bonchev–Trinajstić information content (AvgIpc) is 2.65. The van der Waals surface area contributed by atoms with E-state index in [4.69, 9.17) is 4.74 Å². The summed E-state index contributed by atoms with van der Waals surface area (Å²) in [5.41, 5.74) is 3.51. The molecule has 0 atom stereocenters. The van der Waals surface area contributed by atoms with Gasteiger partial charge in [0.25, 0.3) is 0 Å². The van der Waals surface area contributed by atoms with E-state index in [1.807, 2.05) is 17.9 Å². The van der Waals surface area contributed by atoms with Gasteiger partial charge in [0.05, 0.1) is 23.0 Å². The Balaban J connectivity index is 1.90. The summed E-state index contributed by atoms with van der Waals surface area (Å²) < 4.78 is 7.64. The van der Waals surface area contributed by atoms with Crippen LogP contribution in [0.5, 0.6) is 0 Å². The van der Waals surface area contributed by atoms with Gasteiger partial charge in [-0.25, -0.2) is 4.98 Å². The molecule has 17 heavy (non-hydrogen) atoms. The first-order valence-electron chi connectivity index (χ1n) is 5.88. The van der Waals surface area contributed by atoms with Gasteiger partial charge in [-0.3, -0.25) is 0 Å². The van der Waals surface area contributed by atoms with Gasteiger partial charge in [0.15, 0.2) is 0 Å². The van der Waals surface area contributed by atoms with E-state index in [9.17, 15) is 0 Å². The Morgan fingerprint density at radius 3 is 2.94 bits per heavy atom. The summed E-state index contributed by atoms with van der Waals surface area (Å²) in [6.07, 6.45) is 2.80. The van der Waals surface area contributed by atoms with E-state index >= 15 is 0 Å². The van der Waals surface area contributed by atoms with Gasteiger partial charge in [-0.1, -0.05) is 6.07 Å². The van der Waals surface area contributed by atoms with Gasteiger partial charge in [-0.15, -0.1) is 0 Å². The molecule has 1 aliphatic heterocycles. The maximum Gasteiger partial charge on any atom is 0.0966 e. The number of hydrogen-bond donors (Lipinski definition) is 1. The third-order valence-corrected chi connectivity index (χ3v) is 3.64. The number of aromatic nitrogens is 2. The minimum Gasteiger partial charge on any atom is -0.375 e. The van der Waals surface area contributed by atoms with Crippen LogP contribution in [0.1, 0.15) is 5.56 Å². The number of benzene rings is 1. The van der Waals surface area contributed by atoms with E-state index in [-0.39, 0.29) is 5.60 Å². The molecule has 1 fully saturated rings. The molecule has 4 heteroatoms. The number of aryl methyl sites for hydroxylation is 1. The third kappa shape index (κ3) is 1.73. The van der Waals surface area contributed by atoms with Crippen molar-refractivity contribution in [3.8, 4) is 0 Å². The predicted molar refractivity (Wildman–Crippen MR) is 67.0 cm³/mol. The van der Waals surface area contributed by atoms with Crippen LogP contribution in [0.2, 0.25) is 0 Å². The zero-order valence-electron chi connectivity index (χ0n) is 10.2. The van der Waals surface area contributed by atoms with Crippen LogP contribution >= 0.6 is 0 Å². The maximum atomic E-state index is 5.61. The number of hydrogen-bond acceptors (Lipinski definition) is 3. The second kappa shape index (κ2) is 3.82. The Hall–Kier alpha value is -1.39. The molecule has 0 spiro atoms. The van der Waals surface area contributed by atoms with Gasteiger partial charge in [0.1, 0.15) is 0 Å². The molecule has 1 aliphatic rings. The Morgan fingerprint density at radius 2 is 2.29 bits per heavy atom. The molecule has 1 saturated heterocycles. The molecule has 0 bridgehead atoms. The first-order chi connectivity index (χ1) is 8.22. The quantitative estimate of drug-likeness (QED) is 0.860. The lowest BCUT2D eigenvalue weighted by Gasteiger charge is -2.41. The highest BCUT2D eigenvalue weighted by Crippen LogP contribution is 2.23.